The summed E-state index contributed by atoms with van der Waals surface area (Å²) < 4.78 is 0. The fourth-order valence-electron chi connectivity index (χ4n) is 2.39. The van der Waals surface area contributed by atoms with Gasteiger partial charge in [-0.3, -0.25) is 4.90 Å². The number of alkyl halides is 1. The zero-order valence-electron chi connectivity index (χ0n) is 9.79. The molecule has 1 nitrogen and oxygen atoms in total. The Morgan fingerprint density at radius 3 is 2.75 bits per heavy atom. The average Bonchev–Trinajstić information content (AvgIpc) is 2.51. The van der Waals surface area contributed by atoms with Crippen LogP contribution in [-0.2, 0) is 13.0 Å². The minimum atomic E-state index is 1.14. The second-order valence-corrected chi connectivity index (χ2v) is 5.34. The van der Waals surface area contributed by atoms with Crippen molar-refractivity contribution in [2.45, 2.75) is 32.2 Å². The summed E-state index contributed by atoms with van der Waals surface area (Å²) in [6.07, 6.45) is 5.17. The van der Waals surface area contributed by atoms with Crippen molar-refractivity contribution in [2.75, 3.05) is 18.4 Å². The molecule has 0 N–H and O–H groups in total. The average molecular weight is 282 g/mol. The van der Waals surface area contributed by atoms with E-state index in [1.54, 1.807) is 11.1 Å². The molecule has 0 bridgehead atoms. The Morgan fingerprint density at radius 2 is 1.94 bits per heavy atom. The van der Waals surface area contributed by atoms with E-state index in [-0.39, 0.29) is 0 Å². The Bertz CT molecular complexity index is 324. The van der Waals surface area contributed by atoms with E-state index in [1.807, 2.05) is 0 Å². The molecule has 0 unspecified atom stereocenters. The number of benzene rings is 1. The quantitative estimate of drug-likeness (QED) is 0.602. The molecule has 16 heavy (non-hydrogen) atoms. The van der Waals surface area contributed by atoms with Gasteiger partial charge in [-0.1, -0.05) is 40.2 Å². The maximum absolute atomic E-state index is 3.50. The second-order valence-electron chi connectivity index (χ2n) is 4.54. The molecule has 0 saturated carbocycles. The summed E-state index contributed by atoms with van der Waals surface area (Å²) in [5.74, 6) is 0. The Labute approximate surface area is 107 Å². The lowest BCUT2D eigenvalue weighted by molar-refractivity contribution is 0.266. The molecule has 0 aliphatic carbocycles. The van der Waals surface area contributed by atoms with Gasteiger partial charge in [0.15, 0.2) is 0 Å². The van der Waals surface area contributed by atoms with Gasteiger partial charge >= 0.3 is 0 Å². The number of aryl methyl sites for hydroxylation is 1. The molecule has 0 aromatic heterocycles. The lowest BCUT2D eigenvalue weighted by Crippen LogP contribution is -2.24. The van der Waals surface area contributed by atoms with Crippen molar-refractivity contribution < 1.29 is 0 Å². The van der Waals surface area contributed by atoms with Crippen molar-refractivity contribution >= 4 is 15.9 Å². The maximum Gasteiger partial charge on any atom is 0.0236 e. The maximum atomic E-state index is 3.50. The van der Waals surface area contributed by atoms with E-state index in [9.17, 15) is 0 Å². The van der Waals surface area contributed by atoms with Crippen LogP contribution in [0.1, 0.15) is 30.4 Å². The van der Waals surface area contributed by atoms with Gasteiger partial charge in [-0.2, -0.15) is 0 Å². The van der Waals surface area contributed by atoms with Crippen molar-refractivity contribution in [3.8, 4) is 0 Å². The Kier molecular flexibility index (Phi) is 4.86. The summed E-state index contributed by atoms with van der Waals surface area (Å²) in [5.41, 5.74) is 3.10. The zero-order valence-corrected chi connectivity index (χ0v) is 11.4. The predicted molar refractivity (Wildman–Crippen MR) is 73.1 cm³/mol. The number of fused-ring (bicyclic) bond motifs is 1. The summed E-state index contributed by atoms with van der Waals surface area (Å²) in [5, 5.41) is 1.14. The highest BCUT2D eigenvalue weighted by Gasteiger charge is 2.12. The first-order valence-electron chi connectivity index (χ1n) is 6.25. The molecule has 1 aliphatic heterocycles. The first kappa shape index (κ1) is 12.1. The van der Waals surface area contributed by atoms with Gasteiger partial charge in [-0.05, 0) is 49.9 Å². The fraction of sp³-hybridized carbons (Fsp3) is 0.571. The number of halogens is 1. The van der Waals surface area contributed by atoms with Crippen molar-refractivity contribution in [3.05, 3.63) is 35.4 Å². The van der Waals surface area contributed by atoms with Gasteiger partial charge in [0.25, 0.3) is 0 Å². The molecule has 2 rings (SSSR count). The van der Waals surface area contributed by atoms with E-state index < -0.39 is 0 Å². The smallest absolute Gasteiger partial charge is 0.0236 e. The van der Waals surface area contributed by atoms with Crippen LogP contribution in [0.3, 0.4) is 0 Å². The highest BCUT2D eigenvalue weighted by Crippen LogP contribution is 2.18. The van der Waals surface area contributed by atoms with Crippen LogP contribution in [0.25, 0.3) is 0 Å². The van der Waals surface area contributed by atoms with Gasteiger partial charge in [-0.15, -0.1) is 0 Å². The molecule has 1 heterocycles. The summed E-state index contributed by atoms with van der Waals surface area (Å²) >= 11 is 3.50. The second kappa shape index (κ2) is 6.41. The third-order valence-corrected chi connectivity index (χ3v) is 3.85. The van der Waals surface area contributed by atoms with Gasteiger partial charge in [0.2, 0.25) is 0 Å². The molecule has 0 atom stereocenters. The third-order valence-electron chi connectivity index (χ3n) is 3.29. The molecular formula is C14H20BrN. The first-order chi connectivity index (χ1) is 7.90. The largest absolute Gasteiger partial charge is 0.299 e. The zero-order chi connectivity index (χ0) is 11.2. The lowest BCUT2D eigenvalue weighted by Gasteiger charge is -2.20. The fourth-order valence-corrected chi connectivity index (χ4v) is 2.79. The third kappa shape index (κ3) is 3.33. The SMILES string of the molecule is BrCCCCN1CCCc2ccccc2C1. The molecule has 0 fully saturated rings. The Morgan fingerprint density at radius 1 is 1.12 bits per heavy atom. The van der Waals surface area contributed by atoms with Crippen molar-refractivity contribution in [1.29, 1.82) is 0 Å². The summed E-state index contributed by atoms with van der Waals surface area (Å²) in [6, 6.07) is 8.91. The molecule has 1 aromatic rings. The highest BCUT2D eigenvalue weighted by atomic mass is 79.9. The first-order valence-corrected chi connectivity index (χ1v) is 7.37. The number of hydrogen-bond acceptors (Lipinski definition) is 1. The monoisotopic (exact) mass is 281 g/mol. The lowest BCUT2D eigenvalue weighted by atomic mass is 10.0. The van der Waals surface area contributed by atoms with Crippen molar-refractivity contribution in [1.82, 2.24) is 4.90 Å². The normalized spacial score (nSPS) is 16.8. The van der Waals surface area contributed by atoms with Crippen LogP contribution in [-0.4, -0.2) is 23.3 Å². The van der Waals surface area contributed by atoms with E-state index in [0.717, 1.165) is 11.9 Å². The van der Waals surface area contributed by atoms with Crippen LogP contribution < -0.4 is 0 Å². The molecule has 1 aliphatic rings. The Balaban J connectivity index is 1.94. The van der Waals surface area contributed by atoms with Gasteiger partial charge in [0.05, 0.1) is 0 Å². The van der Waals surface area contributed by atoms with Crippen LogP contribution in [0.4, 0.5) is 0 Å². The number of hydrogen-bond donors (Lipinski definition) is 0. The van der Waals surface area contributed by atoms with E-state index >= 15 is 0 Å². The van der Waals surface area contributed by atoms with E-state index in [1.165, 1.54) is 38.8 Å². The van der Waals surface area contributed by atoms with Gasteiger partial charge in [-0.25, -0.2) is 0 Å². The molecule has 88 valence electrons. The molecule has 0 amide bonds. The van der Waals surface area contributed by atoms with E-state index in [2.05, 4.69) is 45.1 Å². The number of nitrogens with zero attached hydrogens (tertiary/aromatic N) is 1. The van der Waals surface area contributed by atoms with Gasteiger partial charge in [0, 0.05) is 11.9 Å². The molecule has 1 aromatic carbocycles. The summed E-state index contributed by atoms with van der Waals surface area (Å²) in [4.78, 5) is 2.61. The predicted octanol–water partition coefficient (Wildman–Crippen LogP) is 3.61. The van der Waals surface area contributed by atoms with Crippen LogP contribution in [0, 0.1) is 0 Å². The van der Waals surface area contributed by atoms with Crippen LogP contribution >= 0.6 is 15.9 Å². The van der Waals surface area contributed by atoms with E-state index in [0.29, 0.717) is 0 Å². The molecule has 0 spiro atoms. The van der Waals surface area contributed by atoms with Gasteiger partial charge in [0.1, 0.15) is 0 Å². The van der Waals surface area contributed by atoms with E-state index in [4.69, 9.17) is 0 Å². The number of rotatable bonds is 4. The standard InChI is InChI=1S/C14H20BrN/c15-9-3-4-10-16-11-5-8-13-6-1-2-7-14(13)12-16/h1-2,6-7H,3-5,8-12H2. The molecule has 0 radical (unpaired) electrons. The molecule has 0 saturated heterocycles. The Hall–Kier alpha value is -0.340. The summed E-state index contributed by atoms with van der Waals surface area (Å²) in [7, 11) is 0. The van der Waals surface area contributed by atoms with Crippen molar-refractivity contribution in [3.63, 3.8) is 0 Å². The van der Waals surface area contributed by atoms with Crippen LogP contribution in [0.15, 0.2) is 24.3 Å². The highest BCUT2D eigenvalue weighted by molar-refractivity contribution is 9.09. The van der Waals surface area contributed by atoms with Crippen LogP contribution in [0.2, 0.25) is 0 Å². The molecular weight excluding hydrogens is 262 g/mol. The number of unbranched alkanes of at least 4 members (excludes halogenated alkanes) is 1. The minimum Gasteiger partial charge on any atom is -0.299 e. The van der Waals surface area contributed by atoms with Gasteiger partial charge < -0.3 is 0 Å². The van der Waals surface area contributed by atoms with Crippen LogP contribution in [0.5, 0.6) is 0 Å². The van der Waals surface area contributed by atoms with Crippen molar-refractivity contribution in [2.24, 2.45) is 0 Å². The topological polar surface area (TPSA) is 3.24 Å². The molecule has 2 heteroatoms. The summed E-state index contributed by atoms with van der Waals surface area (Å²) in [6.45, 7) is 3.66. The minimum absolute atomic E-state index is 1.14.